The van der Waals surface area contributed by atoms with Crippen LogP contribution in [0.1, 0.15) is 64.0 Å². The minimum absolute atomic E-state index is 0.00968. The lowest BCUT2D eigenvalue weighted by atomic mass is 9.65. The van der Waals surface area contributed by atoms with Crippen LogP contribution in [0.25, 0.3) is 0 Å². The molecule has 3 rings (SSSR count). The first-order valence-corrected chi connectivity index (χ1v) is 10.2. The van der Waals surface area contributed by atoms with Gasteiger partial charge in [0, 0.05) is 5.41 Å². The molecule has 0 amide bonds. The van der Waals surface area contributed by atoms with Gasteiger partial charge in [0.25, 0.3) is 0 Å². The Morgan fingerprint density at radius 3 is 1.96 bits per heavy atom. The Bertz CT molecular complexity index is 710. The number of allylic oxidation sites excluding steroid dienone is 4. The normalized spacial score (nSPS) is 15.5. The van der Waals surface area contributed by atoms with E-state index in [9.17, 15) is 0 Å². The molecule has 0 spiro atoms. The lowest BCUT2D eigenvalue weighted by Crippen LogP contribution is -2.30. The van der Waals surface area contributed by atoms with Crippen molar-refractivity contribution in [1.82, 2.24) is 0 Å². The number of unbranched alkanes of at least 4 members (excludes halogenated alkanes) is 1. The number of rotatable bonds is 8. The SMILES string of the molecule is CCCCC(C1=CC(C(C)CC)=CC1)(c1ccccc1)c1ccccc1. The van der Waals surface area contributed by atoms with E-state index in [1.54, 1.807) is 5.57 Å². The van der Waals surface area contributed by atoms with E-state index < -0.39 is 0 Å². The molecule has 1 aliphatic carbocycles. The van der Waals surface area contributed by atoms with Gasteiger partial charge >= 0.3 is 0 Å². The lowest BCUT2D eigenvalue weighted by Gasteiger charge is -2.37. The fraction of sp³-hybridized carbons (Fsp3) is 0.385. The average molecular weight is 345 g/mol. The Morgan fingerprint density at radius 2 is 1.46 bits per heavy atom. The number of hydrogen-bond donors (Lipinski definition) is 0. The van der Waals surface area contributed by atoms with Gasteiger partial charge in [0.2, 0.25) is 0 Å². The maximum atomic E-state index is 2.52. The largest absolute Gasteiger partial charge is 0.0769 e. The quantitative estimate of drug-likeness (QED) is 0.466. The van der Waals surface area contributed by atoms with Crippen molar-refractivity contribution in [2.75, 3.05) is 0 Å². The van der Waals surface area contributed by atoms with Crippen molar-refractivity contribution in [2.45, 2.75) is 58.3 Å². The maximum Gasteiger partial charge on any atom is 0.0417 e. The van der Waals surface area contributed by atoms with Gasteiger partial charge in [-0.3, -0.25) is 0 Å². The van der Waals surface area contributed by atoms with Crippen molar-refractivity contribution < 1.29 is 0 Å². The third-order valence-corrected chi connectivity index (χ3v) is 6.07. The highest BCUT2D eigenvalue weighted by Crippen LogP contribution is 2.47. The van der Waals surface area contributed by atoms with Gasteiger partial charge in [-0.15, -0.1) is 0 Å². The summed E-state index contributed by atoms with van der Waals surface area (Å²) < 4.78 is 0. The molecule has 0 fully saturated rings. The molecule has 0 aliphatic heterocycles. The Kier molecular flexibility index (Phi) is 6.14. The summed E-state index contributed by atoms with van der Waals surface area (Å²) >= 11 is 0. The van der Waals surface area contributed by atoms with Crippen LogP contribution in [0.4, 0.5) is 0 Å². The highest BCUT2D eigenvalue weighted by molar-refractivity contribution is 5.53. The zero-order valence-corrected chi connectivity index (χ0v) is 16.5. The van der Waals surface area contributed by atoms with Crippen LogP contribution in [0, 0.1) is 5.92 Å². The van der Waals surface area contributed by atoms with E-state index >= 15 is 0 Å². The highest BCUT2D eigenvalue weighted by Gasteiger charge is 2.38. The second-order valence-corrected chi connectivity index (χ2v) is 7.63. The summed E-state index contributed by atoms with van der Waals surface area (Å²) in [6.07, 6.45) is 10.9. The van der Waals surface area contributed by atoms with Gasteiger partial charge in [-0.2, -0.15) is 0 Å². The molecule has 26 heavy (non-hydrogen) atoms. The van der Waals surface area contributed by atoms with E-state index in [1.165, 1.54) is 42.4 Å². The van der Waals surface area contributed by atoms with Gasteiger partial charge < -0.3 is 0 Å². The van der Waals surface area contributed by atoms with E-state index in [-0.39, 0.29) is 5.41 Å². The molecule has 0 heteroatoms. The molecule has 2 aromatic rings. The van der Waals surface area contributed by atoms with Crippen LogP contribution >= 0.6 is 0 Å². The molecule has 0 nitrogen and oxygen atoms in total. The molecule has 0 saturated carbocycles. The van der Waals surface area contributed by atoms with E-state index in [0.717, 1.165) is 6.42 Å². The van der Waals surface area contributed by atoms with Gasteiger partial charge in [-0.25, -0.2) is 0 Å². The van der Waals surface area contributed by atoms with Crippen LogP contribution < -0.4 is 0 Å². The number of benzene rings is 2. The Hall–Kier alpha value is -2.08. The summed E-state index contributed by atoms with van der Waals surface area (Å²) in [6.45, 7) is 6.94. The van der Waals surface area contributed by atoms with E-state index in [2.05, 4.69) is 93.6 Å². The summed E-state index contributed by atoms with van der Waals surface area (Å²) in [6, 6.07) is 22.3. The van der Waals surface area contributed by atoms with E-state index in [4.69, 9.17) is 0 Å². The fourth-order valence-electron chi connectivity index (χ4n) is 4.30. The summed E-state index contributed by atoms with van der Waals surface area (Å²) in [5, 5.41) is 0. The minimum atomic E-state index is -0.00968. The summed E-state index contributed by atoms with van der Waals surface area (Å²) in [5.41, 5.74) is 5.95. The van der Waals surface area contributed by atoms with Crippen LogP contribution in [0.2, 0.25) is 0 Å². The first-order chi connectivity index (χ1) is 12.7. The fourth-order valence-corrected chi connectivity index (χ4v) is 4.30. The second-order valence-electron chi connectivity index (χ2n) is 7.63. The second kappa shape index (κ2) is 8.54. The predicted octanol–water partition coefficient (Wildman–Crippen LogP) is 7.47. The molecule has 0 saturated heterocycles. The van der Waals surface area contributed by atoms with Crippen molar-refractivity contribution in [1.29, 1.82) is 0 Å². The third kappa shape index (κ3) is 3.56. The van der Waals surface area contributed by atoms with Crippen molar-refractivity contribution in [3.05, 3.63) is 95.1 Å². The summed E-state index contributed by atoms with van der Waals surface area (Å²) in [4.78, 5) is 0. The molecule has 0 radical (unpaired) electrons. The molecule has 0 bridgehead atoms. The molecule has 136 valence electrons. The van der Waals surface area contributed by atoms with Crippen LogP contribution in [0.3, 0.4) is 0 Å². The average Bonchev–Trinajstić information content (AvgIpc) is 3.20. The Morgan fingerprint density at radius 1 is 0.885 bits per heavy atom. The standard InChI is InChI=1S/C26H32/c1-4-6-19-26(23-13-9-7-10-14-23,24-15-11-8-12-16-24)25-18-17-22(20-25)21(3)5-2/h7-17,20-21H,4-6,18-19H2,1-3H3. The molecular weight excluding hydrogens is 312 g/mol. The molecule has 1 atom stereocenters. The topological polar surface area (TPSA) is 0 Å². The first-order valence-electron chi connectivity index (χ1n) is 10.2. The van der Waals surface area contributed by atoms with Gasteiger partial charge in [0.15, 0.2) is 0 Å². The molecule has 1 aliphatic rings. The molecule has 2 aromatic carbocycles. The minimum Gasteiger partial charge on any atom is -0.0769 e. The maximum absolute atomic E-state index is 2.52. The van der Waals surface area contributed by atoms with Crippen molar-refractivity contribution in [3.63, 3.8) is 0 Å². The lowest BCUT2D eigenvalue weighted by molar-refractivity contribution is 0.512. The predicted molar refractivity (Wildman–Crippen MR) is 113 cm³/mol. The van der Waals surface area contributed by atoms with E-state index in [1.807, 2.05) is 0 Å². The smallest absolute Gasteiger partial charge is 0.0417 e. The van der Waals surface area contributed by atoms with Gasteiger partial charge in [0.1, 0.15) is 0 Å². The summed E-state index contributed by atoms with van der Waals surface area (Å²) in [7, 11) is 0. The summed E-state index contributed by atoms with van der Waals surface area (Å²) in [5.74, 6) is 0.642. The van der Waals surface area contributed by atoms with Crippen molar-refractivity contribution in [3.8, 4) is 0 Å². The van der Waals surface area contributed by atoms with Crippen molar-refractivity contribution >= 4 is 0 Å². The van der Waals surface area contributed by atoms with Crippen LogP contribution in [-0.4, -0.2) is 0 Å². The van der Waals surface area contributed by atoms with Crippen LogP contribution in [0.5, 0.6) is 0 Å². The monoisotopic (exact) mass is 344 g/mol. The van der Waals surface area contributed by atoms with Crippen LogP contribution in [-0.2, 0) is 5.41 Å². The van der Waals surface area contributed by atoms with Gasteiger partial charge in [-0.05, 0) is 41.9 Å². The van der Waals surface area contributed by atoms with Crippen LogP contribution in [0.15, 0.2) is 84.0 Å². The molecule has 0 aromatic heterocycles. The van der Waals surface area contributed by atoms with Gasteiger partial charge in [-0.1, -0.05) is 112 Å². The zero-order valence-electron chi connectivity index (χ0n) is 16.5. The number of hydrogen-bond acceptors (Lipinski definition) is 0. The Balaban J connectivity index is 2.15. The zero-order chi connectivity index (χ0) is 18.4. The molecule has 0 heterocycles. The highest BCUT2D eigenvalue weighted by atomic mass is 14.4. The molecule has 1 unspecified atom stereocenters. The third-order valence-electron chi connectivity index (χ3n) is 6.07. The molecular formula is C26H32. The van der Waals surface area contributed by atoms with E-state index in [0.29, 0.717) is 5.92 Å². The van der Waals surface area contributed by atoms with Crippen molar-refractivity contribution in [2.24, 2.45) is 5.92 Å². The van der Waals surface area contributed by atoms with Gasteiger partial charge in [0.05, 0.1) is 0 Å². The first kappa shape index (κ1) is 18.7. The Labute approximate surface area is 159 Å². The molecule has 0 N–H and O–H groups in total.